The summed E-state index contributed by atoms with van der Waals surface area (Å²) in [4.78, 5) is 0. The average molecular weight is 241 g/mol. The molecule has 0 radical (unpaired) electrons. The van der Waals surface area contributed by atoms with E-state index in [9.17, 15) is 0 Å². The summed E-state index contributed by atoms with van der Waals surface area (Å²) in [5.41, 5.74) is 2.86. The fourth-order valence-corrected chi connectivity index (χ4v) is 1.58. The maximum atomic E-state index is 9.03. The summed E-state index contributed by atoms with van der Waals surface area (Å²) < 4.78 is 5.59. The van der Waals surface area contributed by atoms with Crippen LogP contribution in [0.15, 0.2) is 48.5 Å². The lowest BCUT2D eigenvalue weighted by Crippen LogP contribution is -2.74. The van der Waals surface area contributed by atoms with Gasteiger partial charge in [0.15, 0.2) is 5.69 Å². The minimum absolute atomic E-state index is 0.421. The molecule has 2 rings (SSSR count). The molecule has 0 aromatic heterocycles. The number of benzene rings is 2. The minimum Gasteiger partial charge on any atom is -0.489 e. The number of hydrogen-bond acceptors (Lipinski definition) is 3. The molecule has 0 amide bonds. The highest BCUT2D eigenvalue weighted by Crippen LogP contribution is 2.19. The van der Waals surface area contributed by atoms with Crippen LogP contribution in [0.1, 0.15) is 11.1 Å². The van der Waals surface area contributed by atoms with Gasteiger partial charge < -0.3 is 4.74 Å². The fraction of sp³-hybridized carbons (Fsp3) is 0.0714. The third-order valence-corrected chi connectivity index (χ3v) is 2.53. The summed E-state index contributed by atoms with van der Waals surface area (Å²) in [7, 11) is 0. The van der Waals surface area contributed by atoms with Crippen LogP contribution in [0.5, 0.6) is 5.75 Å². The van der Waals surface area contributed by atoms with Crippen molar-refractivity contribution in [1.82, 2.24) is 0 Å². The van der Waals surface area contributed by atoms with Gasteiger partial charge in [-0.05, 0) is 17.7 Å². The quantitative estimate of drug-likeness (QED) is 0.632. The molecule has 90 valence electrons. The molecule has 0 atom stereocenters. The van der Waals surface area contributed by atoms with Gasteiger partial charge >= 0.3 is 0 Å². The molecule has 0 bridgehead atoms. The summed E-state index contributed by atoms with van der Waals surface area (Å²) in [6, 6.07) is 16.8. The molecule has 0 fully saturated rings. The van der Waals surface area contributed by atoms with Crippen LogP contribution in [0.3, 0.4) is 0 Å². The van der Waals surface area contributed by atoms with Crippen molar-refractivity contribution in [2.75, 3.05) is 0 Å². The molecular formula is C14H13N2O2+. The first kappa shape index (κ1) is 12.1. The standard InChI is InChI=1S/C14H12N2O2/c15-9-12-6-7-13(8-14(12)16-17)18-10-11-4-2-1-3-5-11/h1-8,16-17H,10H2/p+1. The predicted octanol–water partition coefficient (Wildman–Crippen LogP) is 1.72. The van der Waals surface area contributed by atoms with E-state index in [1.807, 2.05) is 36.4 Å². The van der Waals surface area contributed by atoms with E-state index >= 15 is 0 Å². The first-order valence-corrected chi connectivity index (χ1v) is 5.52. The van der Waals surface area contributed by atoms with Gasteiger partial charge in [0.1, 0.15) is 24.0 Å². The zero-order valence-corrected chi connectivity index (χ0v) is 9.71. The van der Waals surface area contributed by atoms with Crippen molar-refractivity contribution in [3.8, 4) is 11.8 Å². The van der Waals surface area contributed by atoms with E-state index in [1.54, 1.807) is 18.2 Å². The topological polar surface area (TPSA) is 69.9 Å². The van der Waals surface area contributed by atoms with Crippen molar-refractivity contribution in [1.29, 1.82) is 5.26 Å². The van der Waals surface area contributed by atoms with Gasteiger partial charge in [0.25, 0.3) is 0 Å². The number of quaternary nitrogens is 1. The minimum atomic E-state index is 0.421. The van der Waals surface area contributed by atoms with Gasteiger partial charge in [-0.25, -0.2) is 5.21 Å². The van der Waals surface area contributed by atoms with Crippen LogP contribution in [0, 0.1) is 11.3 Å². The molecule has 0 spiro atoms. The van der Waals surface area contributed by atoms with Gasteiger partial charge in [-0.2, -0.15) is 10.7 Å². The van der Waals surface area contributed by atoms with E-state index in [0.717, 1.165) is 11.0 Å². The lowest BCUT2D eigenvalue weighted by atomic mass is 10.2. The zero-order chi connectivity index (χ0) is 12.8. The lowest BCUT2D eigenvalue weighted by molar-refractivity contribution is -0.825. The molecule has 2 aromatic rings. The highest BCUT2D eigenvalue weighted by atomic mass is 16.5. The van der Waals surface area contributed by atoms with Gasteiger partial charge in [0, 0.05) is 6.07 Å². The third-order valence-electron chi connectivity index (χ3n) is 2.53. The van der Waals surface area contributed by atoms with Crippen molar-refractivity contribution in [3.63, 3.8) is 0 Å². The summed E-state index contributed by atoms with van der Waals surface area (Å²) >= 11 is 0. The Morgan fingerprint density at radius 1 is 1.17 bits per heavy atom. The number of rotatable bonds is 4. The van der Waals surface area contributed by atoms with Crippen LogP contribution in [0.4, 0.5) is 5.69 Å². The van der Waals surface area contributed by atoms with Gasteiger partial charge in [0.2, 0.25) is 0 Å². The first-order valence-electron chi connectivity index (χ1n) is 5.52. The van der Waals surface area contributed by atoms with Crippen LogP contribution >= 0.6 is 0 Å². The van der Waals surface area contributed by atoms with Gasteiger partial charge in [-0.15, -0.1) is 0 Å². The number of hydrogen-bond donors (Lipinski definition) is 2. The number of nitriles is 1. The molecule has 3 N–H and O–H groups in total. The van der Waals surface area contributed by atoms with E-state index in [2.05, 4.69) is 0 Å². The van der Waals surface area contributed by atoms with Gasteiger partial charge in [-0.1, -0.05) is 30.3 Å². The van der Waals surface area contributed by atoms with Crippen molar-refractivity contribution < 1.29 is 15.4 Å². The van der Waals surface area contributed by atoms with Crippen LogP contribution in [0.2, 0.25) is 0 Å². The molecular weight excluding hydrogens is 228 g/mol. The molecule has 0 saturated heterocycles. The van der Waals surface area contributed by atoms with Crippen molar-refractivity contribution in [2.24, 2.45) is 0 Å². The van der Waals surface area contributed by atoms with E-state index in [4.69, 9.17) is 15.2 Å². The molecule has 0 aliphatic heterocycles. The predicted molar refractivity (Wildman–Crippen MR) is 65.3 cm³/mol. The second-order valence-corrected chi connectivity index (χ2v) is 3.76. The van der Waals surface area contributed by atoms with Gasteiger partial charge in [-0.3, -0.25) is 0 Å². The first-order chi connectivity index (χ1) is 8.83. The number of nitrogens with two attached hydrogens (primary N) is 1. The Labute approximate surface area is 105 Å². The molecule has 0 saturated carbocycles. The van der Waals surface area contributed by atoms with Crippen LogP contribution in [0.25, 0.3) is 0 Å². The highest BCUT2D eigenvalue weighted by Gasteiger charge is 2.07. The van der Waals surface area contributed by atoms with Crippen LogP contribution < -0.4 is 10.2 Å². The maximum Gasteiger partial charge on any atom is 0.183 e. The van der Waals surface area contributed by atoms with Gasteiger partial charge in [0.05, 0.1) is 0 Å². The Balaban J connectivity index is 2.09. The van der Waals surface area contributed by atoms with Crippen LogP contribution in [-0.2, 0) is 6.61 Å². The van der Waals surface area contributed by atoms with Crippen molar-refractivity contribution in [2.45, 2.75) is 6.61 Å². The molecule has 4 heteroatoms. The molecule has 0 aliphatic rings. The van der Waals surface area contributed by atoms with Crippen LogP contribution in [-0.4, -0.2) is 5.21 Å². The molecule has 4 nitrogen and oxygen atoms in total. The van der Waals surface area contributed by atoms with E-state index in [0.29, 0.717) is 23.6 Å². The lowest BCUT2D eigenvalue weighted by Gasteiger charge is -2.06. The molecule has 2 aromatic carbocycles. The maximum absolute atomic E-state index is 9.03. The SMILES string of the molecule is N#Cc1ccc(OCc2ccccc2)cc1[NH2+]O. The summed E-state index contributed by atoms with van der Waals surface area (Å²) in [5, 5.41) is 17.9. The Kier molecular flexibility index (Phi) is 3.92. The second-order valence-electron chi connectivity index (χ2n) is 3.76. The number of ether oxygens (including phenoxy) is 1. The molecule has 18 heavy (non-hydrogen) atoms. The summed E-state index contributed by atoms with van der Waals surface area (Å²) in [6.07, 6.45) is 0. The van der Waals surface area contributed by atoms with Crippen molar-refractivity contribution in [3.05, 3.63) is 59.7 Å². The Morgan fingerprint density at radius 3 is 2.61 bits per heavy atom. The van der Waals surface area contributed by atoms with Crippen molar-refractivity contribution >= 4 is 5.69 Å². The monoisotopic (exact) mass is 241 g/mol. The Hall–Kier alpha value is -2.35. The summed E-state index contributed by atoms with van der Waals surface area (Å²) in [6.45, 7) is 0.456. The molecule has 0 unspecified atom stereocenters. The highest BCUT2D eigenvalue weighted by molar-refractivity contribution is 5.51. The Bertz CT molecular complexity index is 562. The average Bonchev–Trinajstić information content (AvgIpc) is 2.45. The summed E-state index contributed by atoms with van der Waals surface area (Å²) in [5.74, 6) is 0.623. The van der Waals surface area contributed by atoms with E-state index in [-0.39, 0.29) is 0 Å². The third kappa shape index (κ3) is 2.86. The largest absolute Gasteiger partial charge is 0.489 e. The van der Waals surface area contributed by atoms with E-state index < -0.39 is 0 Å². The zero-order valence-electron chi connectivity index (χ0n) is 9.71. The van der Waals surface area contributed by atoms with E-state index in [1.165, 1.54) is 0 Å². The Morgan fingerprint density at radius 2 is 1.94 bits per heavy atom. The normalized spacial score (nSPS) is 9.78. The number of nitrogens with zero attached hydrogens (tertiary/aromatic N) is 1. The molecule has 0 aliphatic carbocycles. The second kappa shape index (κ2) is 5.82. The smallest absolute Gasteiger partial charge is 0.183 e. The molecule has 0 heterocycles. The fourth-order valence-electron chi connectivity index (χ4n) is 1.58.